The Labute approximate surface area is 127 Å². The largest absolute Gasteiger partial charge is 0.480 e. The van der Waals surface area contributed by atoms with Crippen molar-refractivity contribution in [2.75, 3.05) is 19.5 Å². The first kappa shape index (κ1) is 15.6. The molecule has 0 unspecified atom stereocenters. The highest BCUT2D eigenvalue weighted by molar-refractivity contribution is 5.98. The first-order valence-corrected chi connectivity index (χ1v) is 6.77. The quantitative estimate of drug-likeness (QED) is 0.757. The molecule has 8 heteroatoms. The number of aryl methyl sites for hydroxylation is 1. The number of anilines is 1. The molecule has 0 atom stereocenters. The Morgan fingerprint density at radius 1 is 1.36 bits per heavy atom. The summed E-state index contributed by atoms with van der Waals surface area (Å²) >= 11 is 0. The van der Waals surface area contributed by atoms with Crippen molar-refractivity contribution in [3.8, 4) is 5.75 Å². The number of rotatable bonds is 6. The fourth-order valence-corrected chi connectivity index (χ4v) is 2.15. The number of benzene rings is 1. The number of hydrogen-bond donors (Lipinski definition) is 2. The van der Waals surface area contributed by atoms with Crippen LogP contribution in [0.5, 0.6) is 5.75 Å². The fourth-order valence-electron chi connectivity index (χ4n) is 2.15. The van der Waals surface area contributed by atoms with Gasteiger partial charge in [-0.25, -0.2) is 9.78 Å². The third-order valence-corrected chi connectivity index (χ3v) is 3.14. The predicted molar refractivity (Wildman–Crippen MR) is 80.5 cm³/mol. The van der Waals surface area contributed by atoms with Gasteiger partial charge in [0.2, 0.25) is 11.9 Å². The predicted octanol–water partition coefficient (Wildman–Crippen LogP) is 0.679. The van der Waals surface area contributed by atoms with Crippen LogP contribution in [0.3, 0.4) is 0 Å². The van der Waals surface area contributed by atoms with Crippen LogP contribution in [0.15, 0.2) is 12.1 Å². The number of hydrogen-bond acceptors (Lipinski definition) is 6. The maximum absolute atomic E-state index is 11.4. The van der Waals surface area contributed by atoms with Gasteiger partial charge >= 0.3 is 5.97 Å². The summed E-state index contributed by atoms with van der Waals surface area (Å²) in [6.45, 7) is 2.34. The fraction of sp³-hybridized carbons (Fsp3) is 0.357. The molecule has 2 rings (SSSR count). The van der Waals surface area contributed by atoms with Crippen LogP contribution in [0.4, 0.5) is 5.95 Å². The molecule has 1 aromatic carbocycles. The minimum absolute atomic E-state index is 0.230. The second kappa shape index (κ2) is 6.33. The minimum Gasteiger partial charge on any atom is -0.480 e. The van der Waals surface area contributed by atoms with E-state index in [-0.39, 0.29) is 12.2 Å². The maximum Gasteiger partial charge on any atom is 0.343 e. The molecule has 0 saturated carbocycles. The molecular formula is C14H18N4O4. The van der Waals surface area contributed by atoms with E-state index in [1.165, 1.54) is 13.2 Å². The molecule has 22 heavy (non-hydrogen) atoms. The number of aromatic nitrogens is 2. The summed E-state index contributed by atoms with van der Waals surface area (Å²) < 4.78 is 11.8. The van der Waals surface area contributed by atoms with Gasteiger partial charge in [-0.3, -0.25) is 4.79 Å². The van der Waals surface area contributed by atoms with Crippen LogP contribution in [-0.4, -0.2) is 35.1 Å². The van der Waals surface area contributed by atoms with Crippen molar-refractivity contribution in [1.29, 1.82) is 0 Å². The number of amides is 1. The molecule has 1 aromatic heterocycles. The van der Waals surface area contributed by atoms with Gasteiger partial charge in [0.1, 0.15) is 11.3 Å². The number of carbonyl (C=O) groups excluding carboxylic acids is 2. The van der Waals surface area contributed by atoms with Gasteiger partial charge in [-0.15, -0.1) is 0 Å². The van der Waals surface area contributed by atoms with E-state index in [2.05, 4.69) is 9.72 Å². The number of primary amides is 1. The number of methoxy groups -OCH3 is 1. The number of fused-ring (bicyclic) bond motifs is 1. The maximum atomic E-state index is 11.4. The van der Waals surface area contributed by atoms with Crippen molar-refractivity contribution in [3.05, 3.63) is 17.7 Å². The molecule has 8 nitrogen and oxygen atoms in total. The van der Waals surface area contributed by atoms with Gasteiger partial charge in [0.05, 0.1) is 12.6 Å². The average Bonchev–Trinajstić information content (AvgIpc) is 2.80. The van der Waals surface area contributed by atoms with Gasteiger partial charge < -0.3 is 25.5 Å². The van der Waals surface area contributed by atoms with Crippen LogP contribution >= 0.6 is 0 Å². The SMILES string of the molecule is CCCn1c(N)nc2cc(C(N)=O)cc(OCC(=O)OC)c21. The Kier molecular flexibility index (Phi) is 4.50. The highest BCUT2D eigenvalue weighted by atomic mass is 16.6. The number of imidazole rings is 1. The summed E-state index contributed by atoms with van der Waals surface area (Å²) in [6.07, 6.45) is 0.837. The number of esters is 1. The van der Waals surface area contributed by atoms with E-state index in [1.807, 2.05) is 6.92 Å². The number of ether oxygens (including phenoxy) is 2. The molecule has 0 saturated heterocycles. The molecule has 0 bridgehead atoms. The molecule has 1 heterocycles. The third-order valence-electron chi connectivity index (χ3n) is 3.14. The Hall–Kier alpha value is -2.77. The van der Waals surface area contributed by atoms with Crippen molar-refractivity contribution in [2.45, 2.75) is 19.9 Å². The molecular weight excluding hydrogens is 288 g/mol. The second-order valence-electron chi connectivity index (χ2n) is 4.69. The van der Waals surface area contributed by atoms with E-state index in [4.69, 9.17) is 16.2 Å². The first-order valence-electron chi connectivity index (χ1n) is 6.77. The molecule has 0 aliphatic carbocycles. The molecule has 2 aromatic rings. The zero-order valence-corrected chi connectivity index (χ0v) is 12.5. The molecule has 0 spiro atoms. The van der Waals surface area contributed by atoms with Crippen molar-refractivity contribution in [2.24, 2.45) is 5.73 Å². The van der Waals surface area contributed by atoms with E-state index < -0.39 is 11.9 Å². The molecule has 0 fully saturated rings. The van der Waals surface area contributed by atoms with Gasteiger partial charge in [-0.1, -0.05) is 6.92 Å². The molecule has 0 aliphatic rings. The van der Waals surface area contributed by atoms with Crippen LogP contribution in [0.2, 0.25) is 0 Å². The summed E-state index contributed by atoms with van der Waals surface area (Å²) in [6, 6.07) is 3.02. The minimum atomic E-state index is -0.617. The molecule has 0 radical (unpaired) electrons. The zero-order valence-electron chi connectivity index (χ0n) is 12.5. The normalized spacial score (nSPS) is 10.6. The average molecular weight is 306 g/mol. The van der Waals surface area contributed by atoms with Gasteiger partial charge in [0, 0.05) is 12.1 Å². The number of carbonyl (C=O) groups is 2. The van der Waals surface area contributed by atoms with Crippen molar-refractivity contribution >= 4 is 28.9 Å². The highest BCUT2D eigenvalue weighted by Crippen LogP contribution is 2.30. The monoisotopic (exact) mass is 306 g/mol. The van der Waals surface area contributed by atoms with E-state index in [0.717, 1.165) is 6.42 Å². The Morgan fingerprint density at radius 2 is 2.09 bits per heavy atom. The second-order valence-corrected chi connectivity index (χ2v) is 4.69. The molecule has 1 amide bonds. The smallest absolute Gasteiger partial charge is 0.343 e. The third kappa shape index (κ3) is 2.95. The van der Waals surface area contributed by atoms with Crippen LogP contribution < -0.4 is 16.2 Å². The van der Waals surface area contributed by atoms with Crippen molar-refractivity contribution < 1.29 is 19.1 Å². The molecule has 4 N–H and O–H groups in total. The van der Waals surface area contributed by atoms with Crippen LogP contribution in [0, 0.1) is 0 Å². The van der Waals surface area contributed by atoms with Crippen molar-refractivity contribution in [3.63, 3.8) is 0 Å². The Morgan fingerprint density at radius 3 is 2.68 bits per heavy atom. The van der Waals surface area contributed by atoms with Crippen LogP contribution in [-0.2, 0) is 16.1 Å². The lowest BCUT2D eigenvalue weighted by Gasteiger charge is -2.11. The molecule has 0 aliphatic heterocycles. The van der Waals surface area contributed by atoms with E-state index >= 15 is 0 Å². The standard InChI is InChI=1S/C14H18N4O4/c1-3-4-18-12-9(17-14(18)16)5-8(13(15)20)6-10(12)22-7-11(19)21-2/h5-6H,3-4,7H2,1-2H3,(H2,15,20)(H2,16,17). The van der Waals surface area contributed by atoms with Gasteiger partial charge in [0.25, 0.3) is 0 Å². The van der Waals surface area contributed by atoms with E-state index in [9.17, 15) is 9.59 Å². The first-order chi connectivity index (χ1) is 10.5. The van der Waals surface area contributed by atoms with E-state index in [0.29, 0.717) is 29.3 Å². The van der Waals surface area contributed by atoms with Crippen LogP contribution in [0.1, 0.15) is 23.7 Å². The summed E-state index contributed by atoms with van der Waals surface area (Å²) in [4.78, 5) is 26.9. The highest BCUT2D eigenvalue weighted by Gasteiger charge is 2.17. The lowest BCUT2D eigenvalue weighted by molar-refractivity contribution is -0.142. The number of nitrogens with zero attached hydrogens (tertiary/aromatic N) is 2. The lowest BCUT2D eigenvalue weighted by Crippen LogP contribution is -2.15. The Bertz CT molecular complexity index is 723. The lowest BCUT2D eigenvalue weighted by atomic mass is 10.1. The van der Waals surface area contributed by atoms with Crippen LogP contribution in [0.25, 0.3) is 11.0 Å². The summed E-state index contributed by atoms with van der Waals surface area (Å²) in [5, 5.41) is 0. The Balaban J connectivity index is 2.57. The van der Waals surface area contributed by atoms with Gasteiger partial charge in [-0.05, 0) is 18.6 Å². The summed E-state index contributed by atoms with van der Waals surface area (Å²) in [7, 11) is 1.26. The van der Waals surface area contributed by atoms with Gasteiger partial charge in [-0.2, -0.15) is 0 Å². The summed E-state index contributed by atoms with van der Waals surface area (Å²) in [5.74, 6) is -0.531. The van der Waals surface area contributed by atoms with Gasteiger partial charge in [0.15, 0.2) is 6.61 Å². The zero-order chi connectivity index (χ0) is 16.3. The van der Waals surface area contributed by atoms with Crippen molar-refractivity contribution in [1.82, 2.24) is 9.55 Å². The molecule has 118 valence electrons. The number of nitrogen functional groups attached to an aromatic ring is 1. The van der Waals surface area contributed by atoms with E-state index in [1.54, 1.807) is 10.6 Å². The summed E-state index contributed by atoms with van der Waals surface area (Å²) in [5.41, 5.74) is 12.5. The number of nitrogens with two attached hydrogens (primary N) is 2. The topological polar surface area (TPSA) is 122 Å².